The van der Waals surface area contributed by atoms with Crippen LogP contribution in [0.4, 0.5) is 5.69 Å². The van der Waals surface area contributed by atoms with E-state index in [1.165, 1.54) is 0 Å². The second kappa shape index (κ2) is 4.80. The topological polar surface area (TPSA) is 49.4 Å². The smallest absolute Gasteiger partial charge is 0.247 e. The van der Waals surface area contributed by atoms with Gasteiger partial charge in [-0.05, 0) is 24.5 Å². The number of benzene rings is 1. The number of carbonyl (C=O) groups excluding carboxylic acids is 2. The van der Waals surface area contributed by atoms with E-state index in [2.05, 4.69) is 5.32 Å². The van der Waals surface area contributed by atoms with E-state index < -0.39 is 6.04 Å². The number of carbonyl (C=O) groups is 2. The van der Waals surface area contributed by atoms with E-state index in [1.807, 2.05) is 45.0 Å². The van der Waals surface area contributed by atoms with Gasteiger partial charge in [0.2, 0.25) is 11.8 Å². The molecule has 0 spiro atoms. The lowest BCUT2D eigenvalue weighted by Crippen LogP contribution is -2.60. The molecule has 1 aromatic carbocycles. The first-order valence-corrected chi connectivity index (χ1v) is 6.17. The molecular formula is C14H18N2O2. The van der Waals surface area contributed by atoms with E-state index in [4.69, 9.17) is 0 Å². The molecule has 1 heterocycles. The van der Waals surface area contributed by atoms with Crippen molar-refractivity contribution in [3.63, 3.8) is 0 Å². The first-order valence-electron chi connectivity index (χ1n) is 6.17. The highest BCUT2D eigenvalue weighted by Crippen LogP contribution is 2.26. The molecule has 1 N–H and O–H groups in total. The summed E-state index contributed by atoms with van der Waals surface area (Å²) < 4.78 is 0. The Morgan fingerprint density at radius 3 is 2.56 bits per heavy atom. The Morgan fingerprint density at radius 1 is 1.28 bits per heavy atom. The van der Waals surface area contributed by atoms with E-state index in [0.29, 0.717) is 0 Å². The molecule has 1 unspecified atom stereocenters. The minimum absolute atomic E-state index is 0.0531. The standard InChI is InChI=1S/C14H18N2O2/c1-9(2)13-14(18)15-8-12(17)16(13)11-7-5-4-6-10(11)3/h4-7,9,13H,8H2,1-3H3,(H,15,18). The van der Waals surface area contributed by atoms with E-state index in [0.717, 1.165) is 11.3 Å². The van der Waals surface area contributed by atoms with Crippen LogP contribution in [0.5, 0.6) is 0 Å². The quantitative estimate of drug-likeness (QED) is 0.859. The summed E-state index contributed by atoms with van der Waals surface area (Å²) in [7, 11) is 0. The first-order chi connectivity index (χ1) is 8.52. The van der Waals surface area contributed by atoms with Crippen molar-refractivity contribution < 1.29 is 9.59 Å². The van der Waals surface area contributed by atoms with Crippen LogP contribution in [-0.2, 0) is 9.59 Å². The average Bonchev–Trinajstić information content (AvgIpc) is 2.32. The number of nitrogens with one attached hydrogen (secondary N) is 1. The average molecular weight is 246 g/mol. The molecule has 0 bridgehead atoms. The molecule has 0 radical (unpaired) electrons. The highest BCUT2D eigenvalue weighted by Gasteiger charge is 2.37. The second-order valence-corrected chi connectivity index (χ2v) is 4.96. The molecule has 1 aliphatic rings. The summed E-state index contributed by atoms with van der Waals surface area (Å²) in [6, 6.07) is 7.23. The largest absolute Gasteiger partial charge is 0.345 e. The van der Waals surface area contributed by atoms with Crippen LogP contribution in [-0.4, -0.2) is 24.4 Å². The van der Waals surface area contributed by atoms with Gasteiger partial charge in [-0.1, -0.05) is 32.0 Å². The Bertz CT molecular complexity index is 482. The molecular weight excluding hydrogens is 228 g/mol. The van der Waals surface area contributed by atoms with Gasteiger partial charge in [0.15, 0.2) is 0 Å². The van der Waals surface area contributed by atoms with Gasteiger partial charge in [0.25, 0.3) is 0 Å². The molecule has 1 aliphatic heterocycles. The van der Waals surface area contributed by atoms with Crippen molar-refractivity contribution in [1.29, 1.82) is 0 Å². The van der Waals surface area contributed by atoms with Gasteiger partial charge in [-0.25, -0.2) is 0 Å². The zero-order valence-corrected chi connectivity index (χ0v) is 10.9. The van der Waals surface area contributed by atoms with Gasteiger partial charge < -0.3 is 5.32 Å². The first kappa shape index (κ1) is 12.6. The number of para-hydroxylation sites is 1. The summed E-state index contributed by atoms with van der Waals surface area (Å²) in [5.41, 5.74) is 1.84. The molecule has 0 aliphatic carbocycles. The zero-order valence-electron chi connectivity index (χ0n) is 10.9. The minimum Gasteiger partial charge on any atom is -0.345 e. The Morgan fingerprint density at radius 2 is 1.94 bits per heavy atom. The SMILES string of the molecule is Cc1ccccc1N1C(=O)CNC(=O)C1C(C)C. The van der Waals surface area contributed by atoms with Crippen LogP contribution in [0.3, 0.4) is 0 Å². The van der Waals surface area contributed by atoms with E-state index >= 15 is 0 Å². The third-order valence-electron chi connectivity index (χ3n) is 3.24. The summed E-state index contributed by atoms with van der Waals surface area (Å²) in [4.78, 5) is 25.7. The van der Waals surface area contributed by atoms with Gasteiger partial charge >= 0.3 is 0 Å². The molecule has 96 valence electrons. The van der Waals surface area contributed by atoms with Gasteiger partial charge in [0.1, 0.15) is 6.04 Å². The molecule has 2 rings (SSSR count). The van der Waals surface area contributed by atoms with Crippen LogP contribution in [0.25, 0.3) is 0 Å². The van der Waals surface area contributed by atoms with Gasteiger partial charge in [-0.3, -0.25) is 14.5 Å². The summed E-state index contributed by atoms with van der Waals surface area (Å²) in [5, 5.41) is 2.65. The maximum absolute atomic E-state index is 12.1. The van der Waals surface area contributed by atoms with Crippen molar-refractivity contribution in [1.82, 2.24) is 5.32 Å². The predicted octanol–water partition coefficient (Wildman–Crippen LogP) is 1.48. The van der Waals surface area contributed by atoms with Crippen LogP contribution in [0.15, 0.2) is 24.3 Å². The molecule has 0 aromatic heterocycles. The number of nitrogens with zero attached hydrogens (tertiary/aromatic N) is 1. The summed E-state index contributed by atoms with van der Waals surface area (Å²) in [5.74, 6) is -0.0516. The number of amides is 2. The van der Waals surface area contributed by atoms with Crippen molar-refractivity contribution in [3.05, 3.63) is 29.8 Å². The van der Waals surface area contributed by atoms with Crippen LogP contribution in [0, 0.1) is 12.8 Å². The zero-order chi connectivity index (χ0) is 13.3. The normalized spacial score (nSPS) is 20.2. The van der Waals surface area contributed by atoms with Crippen molar-refractivity contribution in [3.8, 4) is 0 Å². The van der Waals surface area contributed by atoms with E-state index in [9.17, 15) is 9.59 Å². The maximum Gasteiger partial charge on any atom is 0.247 e. The summed E-state index contributed by atoms with van der Waals surface area (Å²) >= 11 is 0. The summed E-state index contributed by atoms with van der Waals surface area (Å²) in [6.45, 7) is 5.94. The number of hydrogen-bond acceptors (Lipinski definition) is 2. The molecule has 1 aromatic rings. The van der Waals surface area contributed by atoms with Crippen LogP contribution < -0.4 is 10.2 Å². The monoisotopic (exact) mass is 246 g/mol. The number of anilines is 1. The van der Waals surface area contributed by atoms with E-state index in [-0.39, 0.29) is 24.3 Å². The van der Waals surface area contributed by atoms with Crippen molar-refractivity contribution in [2.45, 2.75) is 26.8 Å². The minimum atomic E-state index is -0.424. The van der Waals surface area contributed by atoms with Crippen LogP contribution >= 0.6 is 0 Å². The second-order valence-electron chi connectivity index (χ2n) is 4.96. The molecule has 2 amide bonds. The lowest BCUT2D eigenvalue weighted by Gasteiger charge is -2.37. The number of hydrogen-bond donors (Lipinski definition) is 1. The number of aryl methyl sites for hydroxylation is 1. The van der Waals surface area contributed by atoms with Crippen molar-refractivity contribution >= 4 is 17.5 Å². The Hall–Kier alpha value is -1.84. The molecule has 1 saturated heterocycles. The number of piperazine rings is 1. The fourth-order valence-electron chi connectivity index (χ4n) is 2.34. The third-order valence-corrected chi connectivity index (χ3v) is 3.24. The molecule has 4 nitrogen and oxygen atoms in total. The molecule has 18 heavy (non-hydrogen) atoms. The molecule has 1 atom stereocenters. The van der Waals surface area contributed by atoms with Gasteiger partial charge in [0.05, 0.1) is 6.54 Å². The molecule has 1 fully saturated rings. The highest BCUT2D eigenvalue weighted by molar-refractivity contribution is 6.07. The van der Waals surface area contributed by atoms with Crippen LogP contribution in [0.2, 0.25) is 0 Å². The Kier molecular flexibility index (Phi) is 3.36. The molecule has 0 saturated carbocycles. The van der Waals surface area contributed by atoms with Gasteiger partial charge in [0, 0.05) is 5.69 Å². The summed E-state index contributed by atoms with van der Waals surface area (Å²) in [6.07, 6.45) is 0. The highest BCUT2D eigenvalue weighted by atomic mass is 16.2. The Labute approximate surface area is 107 Å². The van der Waals surface area contributed by atoms with Gasteiger partial charge in [-0.2, -0.15) is 0 Å². The van der Waals surface area contributed by atoms with E-state index in [1.54, 1.807) is 4.90 Å². The van der Waals surface area contributed by atoms with Crippen LogP contribution in [0.1, 0.15) is 19.4 Å². The third kappa shape index (κ3) is 2.10. The predicted molar refractivity (Wildman–Crippen MR) is 70.3 cm³/mol. The Balaban J connectivity index is 2.47. The van der Waals surface area contributed by atoms with Crippen molar-refractivity contribution in [2.24, 2.45) is 5.92 Å². The fourth-order valence-corrected chi connectivity index (χ4v) is 2.34. The van der Waals surface area contributed by atoms with Crippen molar-refractivity contribution in [2.75, 3.05) is 11.4 Å². The fraction of sp³-hybridized carbons (Fsp3) is 0.429. The lowest BCUT2D eigenvalue weighted by molar-refractivity contribution is -0.131. The van der Waals surface area contributed by atoms with Gasteiger partial charge in [-0.15, -0.1) is 0 Å². The maximum atomic E-state index is 12.1. The lowest BCUT2D eigenvalue weighted by atomic mass is 9.97. The molecule has 4 heteroatoms. The number of rotatable bonds is 2.